The predicted octanol–water partition coefficient (Wildman–Crippen LogP) is 1.79. The van der Waals surface area contributed by atoms with Gasteiger partial charge in [-0.3, -0.25) is 4.98 Å². The zero-order valence-corrected chi connectivity index (χ0v) is 8.63. The summed E-state index contributed by atoms with van der Waals surface area (Å²) < 4.78 is 44.8. The average Bonchev–Trinajstić information content (AvgIpc) is 2.18. The van der Waals surface area contributed by atoms with Crippen LogP contribution in [0, 0.1) is 6.92 Å². The monoisotopic (exact) mass is 237 g/mol. The third-order valence-corrected chi connectivity index (χ3v) is 1.72. The van der Waals surface area contributed by atoms with Crippen LogP contribution in [-0.4, -0.2) is 23.6 Å². The van der Waals surface area contributed by atoms with Gasteiger partial charge in [0.05, 0.1) is 13.7 Å². The highest BCUT2D eigenvalue weighted by Crippen LogP contribution is 2.35. The van der Waals surface area contributed by atoms with Crippen LogP contribution >= 0.6 is 0 Å². The number of rotatable bonds is 3. The molecule has 0 aliphatic heterocycles. The maximum absolute atomic E-state index is 12.1. The van der Waals surface area contributed by atoms with Crippen LogP contribution in [0.25, 0.3) is 0 Å². The van der Waals surface area contributed by atoms with Gasteiger partial charge >= 0.3 is 6.36 Å². The van der Waals surface area contributed by atoms with Crippen molar-refractivity contribution in [3.05, 3.63) is 17.5 Å². The second-order valence-electron chi connectivity index (χ2n) is 2.95. The number of aryl methyl sites for hydroxylation is 1. The summed E-state index contributed by atoms with van der Waals surface area (Å²) >= 11 is 0. The van der Waals surface area contributed by atoms with Crippen LogP contribution in [0.15, 0.2) is 6.07 Å². The highest BCUT2D eigenvalue weighted by molar-refractivity contribution is 5.44. The quantitative estimate of drug-likeness (QED) is 0.870. The maximum Gasteiger partial charge on any atom is 0.573 e. The summed E-state index contributed by atoms with van der Waals surface area (Å²) in [6, 6.07) is 1.29. The third kappa shape index (κ3) is 2.99. The molecule has 0 bridgehead atoms. The van der Waals surface area contributed by atoms with Crippen molar-refractivity contribution in [2.75, 3.05) is 7.11 Å². The number of hydrogen-bond donors (Lipinski definition) is 1. The summed E-state index contributed by atoms with van der Waals surface area (Å²) in [5.74, 6) is -0.725. The number of pyridine rings is 1. The zero-order valence-electron chi connectivity index (χ0n) is 8.63. The first-order chi connectivity index (χ1) is 7.37. The number of halogens is 3. The molecule has 0 aliphatic carbocycles. The van der Waals surface area contributed by atoms with Gasteiger partial charge in [0.15, 0.2) is 11.5 Å². The van der Waals surface area contributed by atoms with Gasteiger partial charge < -0.3 is 14.6 Å². The Morgan fingerprint density at radius 2 is 2.06 bits per heavy atom. The SMILES string of the molecule is COc1cc(C)nc(CO)c1OC(F)(F)F. The molecule has 0 aromatic carbocycles. The van der Waals surface area contributed by atoms with Gasteiger partial charge in [-0.15, -0.1) is 13.2 Å². The number of aromatic nitrogens is 1. The van der Waals surface area contributed by atoms with Crippen LogP contribution < -0.4 is 9.47 Å². The fourth-order valence-electron chi connectivity index (χ4n) is 1.18. The van der Waals surface area contributed by atoms with Crippen molar-refractivity contribution in [3.63, 3.8) is 0 Å². The van der Waals surface area contributed by atoms with Crippen LogP contribution in [0.4, 0.5) is 13.2 Å². The van der Waals surface area contributed by atoms with Crippen LogP contribution in [0.1, 0.15) is 11.4 Å². The summed E-state index contributed by atoms with van der Waals surface area (Å²) in [6.45, 7) is 0.905. The van der Waals surface area contributed by atoms with Crippen molar-refractivity contribution in [1.29, 1.82) is 0 Å². The molecule has 0 spiro atoms. The Morgan fingerprint density at radius 1 is 1.44 bits per heavy atom. The molecule has 0 fully saturated rings. The third-order valence-electron chi connectivity index (χ3n) is 1.72. The molecule has 0 saturated heterocycles. The average molecular weight is 237 g/mol. The predicted molar refractivity (Wildman–Crippen MR) is 48.1 cm³/mol. The van der Waals surface area contributed by atoms with Crippen molar-refractivity contribution in [2.24, 2.45) is 0 Å². The Labute approximate surface area is 89.6 Å². The van der Waals surface area contributed by atoms with Gasteiger partial charge in [0.25, 0.3) is 0 Å². The van der Waals surface area contributed by atoms with Gasteiger partial charge in [0.2, 0.25) is 0 Å². The highest BCUT2D eigenvalue weighted by atomic mass is 19.4. The highest BCUT2D eigenvalue weighted by Gasteiger charge is 2.34. The molecule has 16 heavy (non-hydrogen) atoms. The Morgan fingerprint density at radius 3 is 2.50 bits per heavy atom. The molecule has 0 amide bonds. The molecule has 1 N–H and O–H groups in total. The normalized spacial score (nSPS) is 11.4. The van der Waals surface area contributed by atoms with E-state index < -0.39 is 18.7 Å². The van der Waals surface area contributed by atoms with E-state index in [4.69, 9.17) is 9.84 Å². The molecular weight excluding hydrogens is 227 g/mol. The van der Waals surface area contributed by atoms with E-state index in [9.17, 15) is 13.2 Å². The number of hydrogen-bond acceptors (Lipinski definition) is 4. The first kappa shape index (κ1) is 12.6. The molecule has 0 aliphatic rings. The number of aliphatic hydroxyl groups excluding tert-OH is 1. The lowest BCUT2D eigenvalue weighted by molar-refractivity contribution is -0.275. The molecular formula is C9H10F3NO3. The first-order valence-electron chi connectivity index (χ1n) is 4.28. The summed E-state index contributed by atoms with van der Waals surface area (Å²) in [5.41, 5.74) is 0.213. The van der Waals surface area contributed by atoms with Crippen molar-refractivity contribution >= 4 is 0 Å². The van der Waals surface area contributed by atoms with E-state index in [1.807, 2.05) is 0 Å². The van der Waals surface area contributed by atoms with Crippen molar-refractivity contribution in [1.82, 2.24) is 4.98 Å². The van der Waals surface area contributed by atoms with Crippen LogP contribution in [0.3, 0.4) is 0 Å². The van der Waals surface area contributed by atoms with E-state index in [0.29, 0.717) is 5.69 Å². The van der Waals surface area contributed by atoms with Gasteiger partial charge in [-0.2, -0.15) is 0 Å². The van der Waals surface area contributed by atoms with Crippen molar-refractivity contribution in [3.8, 4) is 11.5 Å². The Balaban J connectivity index is 3.22. The molecule has 1 heterocycles. The van der Waals surface area contributed by atoms with Crippen LogP contribution in [0.2, 0.25) is 0 Å². The minimum Gasteiger partial charge on any atom is -0.493 e. The van der Waals surface area contributed by atoms with Crippen molar-refractivity contribution < 1.29 is 27.8 Å². The fourth-order valence-corrected chi connectivity index (χ4v) is 1.18. The minimum atomic E-state index is -4.85. The fraction of sp³-hybridized carbons (Fsp3) is 0.444. The number of ether oxygens (including phenoxy) is 2. The summed E-state index contributed by atoms with van der Waals surface area (Å²) in [4.78, 5) is 3.73. The molecule has 7 heteroatoms. The van der Waals surface area contributed by atoms with Crippen molar-refractivity contribution in [2.45, 2.75) is 19.9 Å². The van der Waals surface area contributed by atoms with Crippen LogP contribution in [-0.2, 0) is 6.61 Å². The van der Waals surface area contributed by atoms with Gasteiger partial charge in [0, 0.05) is 11.8 Å². The lowest BCUT2D eigenvalue weighted by atomic mass is 10.2. The first-order valence-corrected chi connectivity index (χ1v) is 4.28. The molecule has 1 rings (SSSR count). The number of aliphatic hydroxyl groups is 1. The zero-order chi connectivity index (χ0) is 12.3. The standard InChI is InChI=1S/C9H10F3NO3/c1-5-3-7(15-2)8(6(4-14)13-5)16-9(10,11)12/h3,14H,4H2,1-2H3. The largest absolute Gasteiger partial charge is 0.573 e. The maximum atomic E-state index is 12.1. The molecule has 0 unspecified atom stereocenters. The molecule has 90 valence electrons. The summed E-state index contributed by atoms with van der Waals surface area (Å²) in [5, 5.41) is 8.89. The second kappa shape index (κ2) is 4.56. The minimum absolute atomic E-state index is 0.117. The number of nitrogens with zero attached hydrogens (tertiary/aromatic N) is 1. The Bertz CT molecular complexity index is 354. The van der Waals surface area contributed by atoms with E-state index in [-0.39, 0.29) is 11.4 Å². The molecule has 1 aromatic heterocycles. The van der Waals surface area contributed by atoms with Gasteiger partial charge in [-0.1, -0.05) is 0 Å². The van der Waals surface area contributed by atoms with E-state index >= 15 is 0 Å². The second-order valence-corrected chi connectivity index (χ2v) is 2.95. The molecule has 0 radical (unpaired) electrons. The van der Waals surface area contributed by atoms with Gasteiger partial charge in [-0.05, 0) is 6.92 Å². The molecule has 1 aromatic rings. The molecule has 0 atom stereocenters. The van der Waals surface area contributed by atoms with E-state index in [1.165, 1.54) is 13.2 Å². The Kier molecular flexibility index (Phi) is 3.58. The Hall–Kier alpha value is -1.50. The number of methoxy groups -OCH3 is 1. The van der Waals surface area contributed by atoms with Gasteiger partial charge in [0.1, 0.15) is 5.69 Å². The molecule has 4 nitrogen and oxygen atoms in total. The van der Waals surface area contributed by atoms with E-state index in [2.05, 4.69) is 9.72 Å². The lowest BCUT2D eigenvalue weighted by Gasteiger charge is -2.15. The smallest absolute Gasteiger partial charge is 0.493 e. The number of alkyl halides is 3. The molecule has 0 saturated carbocycles. The van der Waals surface area contributed by atoms with Gasteiger partial charge in [-0.25, -0.2) is 0 Å². The van der Waals surface area contributed by atoms with Crippen LogP contribution in [0.5, 0.6) is 11.5 Å². The topological polar surface area (TPSA) is 51.6 Å². The summed E-state index contributed by atoms with van der Waals surface area (Å²) in [6.07, 6.45) is -4.85. The van der Waals surface area contributed by atoms with E-state index in [1.54, 1.807) is 6.92 Å². The lowest BCUT2D eigenvalue weighted by Crippen LogP contribution is -2.19. The van der Waals surface area contributed by atoms with E-state index in [0.717, 1.165) is 0 Å². The summed E-state index contributed by atoms with van der Waals surface area (Å²) in [7, 11) is 1.21.